The number of amides is 8. The number of thiol groups is 1. The second-order valence-electron chi connectivity index (χ2n) is 20.0. The van der Waals surface area contributed by atoms with Crippen molar-refractivity contribution in [3.05, 3.63) is 0 Å². The van der Waals surface area contributed by atoms with Crippen LogP contribution < -0.4 is 43.4 Å². The molecular weight excluding hydrogens is 915 g/mol. The normalized spacial score (nSPS) is 19.8. The molecule has 0 radical (unpaired) electrons. The van der Waals surface area contributed by atoms with Crippen LogP contribution >= 0.6 is 12.6 Å². The summed E-state index contributed by atoms with van der Waals surface area (Å²) in [6.07, 6.45) is 8.75. The van der Waals surface area contributed by atoms with Gasteiger partial charge in [-0.1, -0.05) is 91.9 Å². The molecule has 0 aromatic rings. The highest BCUT2D eigenvalue weighted by Crippen LogP contribution is 2.29. The SMILES string of the molecule is CC(C)C[C@H](NC(=O)[C@H](CC(=O)O)NC(=O)[C@H](CC1CCCCC1)NC(=O)[C@@H]1CCCN1C(=O)[C@H](CS)NC(=O)[C@H](CC1CCCCC1)NC(=O)[C@H](CCC(=O)O)NC(=O)[C@@H](N)CC(C)C)C(N)=O. The van der Waals surface area contributed by atoms with Crippen LogP contribution in [0.5, 0.6) is 0 Å². The Morgan fingerprint density at radius 1 is 0.565 bits per heavy atom. The molecule has 12 N–H and O–H groups in total. The Morgan fingerprint density at radius 3 is 1.52 bits per heavy atom. The number of carbonyl (C=O) groups excluding carboxylic acids is 8. The summed E-state index contributed by atoms with van der Waals surface area (Å²) >= 11 is 4.39. The Labute approximate surface area is 411 Å². The number of nitrogens with zero attached hydrogens (tertiary/aromatic N) is 1. The van der Waals surface area contributed by atoms with Gasteiger partial charge >= 0.3 is 11.9 Å². The number of nitrogens with two attached hydrogens (primary N) is 2. The van der Waals surface area contributed by atoms with E-state index in [4.69, 9.17) is 11.5 Å². The molecule has 3 fully saturated rings. The number of aliphatic carboxylic acids is 2. The van der Waals surface area contributed by atoms with Gasteiger partial charge in [0.25, 0.3) is 0 Å². The highest BCUT2D eigenvalue weighted by Gasteiger charge is 2.41. The molecule has 1 saturated heterocycles. The summed E-state index contributed by atoms with van der Waals surface area (Å²) in [5.41, 5.74) is 11.6. The molecule has 390 valence electrons. The van der Waals surface area contributed by atoms with E-state index in [0.29, 0.717) is 12.8 Å². The Hall–Kier alpha value is -4.99. The minimum Gasteiger partial charge on any atom is -0.481 e. The molecule has 8 amide bonds. The molecule has 0 aromatic heterocycles. The van der Waals surface area contributed by atoms with E-state index in [-0.39, 0.29) is 68.1 Å². The quantitative estimate of drug-likeness (QED) is 0.0488. The van der Waals surface area contributed by atoms with Crippen molar-refractivity contribution in [3.8, 4) is 0 Å². The van der Waals surface area contributed by atoms with Crippen LogP contribution in [-0.4, -0.2) is 135 Å². The van der Waals surface area contributed by atoms with E-state index in [9.17, 15) is 58.2 Å². The molecule has 69 heavy (non-hydrogen) atoms. The monoisotopic (exact) mass is 994 g/mol. The predicted octanol–water partition coefficient (Wildman–Crippen LogP) is 1.00. The van der Waals surface area contributed by atoms with Crippen LogP contribution in [0.15, 0.2) is 0 Å². The van der Waals surface area contributed by atoms with Crippen molar-refractivity contribution < 1.29 is 58.2 Å². The maximum atomic E-state index is 14.3. The molecule has 3 aliphatic rings. The van der Waals surface area contributed by atoms with Crippen molar-refractivity contribution in [2.24, 2.45) is 35.1 Å². The first-order valence-electron chi connectivity index (χ1n) is 24.8. The minimum absolute atomic E-state index is 0.0186. The smallest absolute Gasteiger partial charge is 0.305 e. The van der Waals surface area contributed by atoms with Crippen molar-refractivity contribution in [2.45, 2.75) is 198 Å². The number of carboxylic acids is 2. The topological polar surface area (TPSA) is 339 Å². The molecule has 0 unspecified atom stereocenters. The van der Waals surface area contributed by atoms with Crippen LogP contribution in [0, 0.1) is 23.7 Å². The Morgan fingerprint density at radius 2 is 1.03 bits per heavy atom. The molecule has 1 aliphatic heterocycles. The third kappa shape index (κ3) is 20.1. The molecule has 21 nitrogen and oxygen atoms in total. The molecule has 22 heteroatoms. The van der Waals surface area contributed by atoms with E-state index in [1.165, 1.54) is 4.90 Å². The van der Waals surface area contributed by atoms with Crippen LogP contribution in [0.2, 0.25) is 0 Å². The van der Waals surface area contributed by atoms with Gasteiger partial charge in [-0.2, -0.15) is 12.6 Å². The number of nitrogens with one attached hydrogen (secondary N) is 6. The van der Waals surface area contributed by atoms with E-state index in [0.717, 1.165) is 64.2 Å². The van der Waals surface area contributed by atoms with Gasteiger partial charge in [0.1, 0.15) is 42.3 Å². The van der Waals surface area contributed by atoms with Gasteiger partial charge in [0, 0.05) is 18.7 Å². The van der Waals surface area contributed by atoms with Crippen LogP contribution in [0.1, 0.15) is 150 Å². The maximum absolute atomic E-state index is 14.3. The van der Waals surface area contributed by atoms with E-state index < -0.39 is 120 Å². The lowest BCUT2D eigenvalue weighted by Crippen LogP contribution is -2.60. The highest BCUT2D eigenvalue weighted by atomic mass is 32.1. The van der Waals surface area contributed by atoms with E-state index >= 15 is 0 Å². The number of primary amides is 1. The number of hydrogen-bond acceptors (Lipinski definition) is 12. The first-order chi connectivity index (χ1) is 32.6. The van der Waals surface area contributed by atoms with Gasteiger partial charge < -0.3 is 58.5 Å². The zero-order valence-electron chi connectivity index (χ0n) is 40.8. The van der Waals surface area contributed by atoms with Gasteiger partial charge in [-0.15, -0.1) is 0 Å². The molecule has 0 spiro atoms. The number of hydrogen-bond donors (Lipinski definition) is 11. The summed E-state index contributed by atoms with van der Waals surface area (Å²) in [5, 5.41) is 34.8. The number of carboxylic acid groups (broad SMARTS) is 2. The maximum Gasteiger partial charge on any atom is 0.305 e. The van der Waals surface area contributed by atoms with Gasteiger partial charge in [0.15, 0.2) is 0 Å². The van der Waals surface area contributed by atoms with Crippen LogP contribution in [-0.2, 0) is 47.9 Å². The number of rotatable bonds is 28. The molecule has 2 saturated carbocycles. The average Bonchev–Trinajstić information content (AvgIpc) is 3.79. The summed E-state index contributed by atoms with van der Waals surface area (Å²) in [4.78, 5) is 134. The molecular formula is C47H79N9O12S. The minimum atomic E-state index is -1.62. The second-order valence-corrected chi connectivity index (χ2v) is 20.4. The Balaban J connectivity index is 1.83. The zero-order valence-corrected chi connectivity index (χ0v) is 41.7. The largest absolute Gasteiger partial charge is 0.481 e. The second kappa shape index (κ2) is 29.3. The van der Waals surface area contributed by atoms with Gasteiger partial charge in [-0.05, 0) is 68.6 Å². The first kappa shape index (κ1) is 58.3. The van der Waals surface area contributed by atoms with Crippen LogP contribution in [0.4, 0.5) is 0 Å². The van der Waals surface area contributed by atoms with E-state index in [2.05, 4.69) is 44.5 Å². The summed E-state index contributed by atoms with van der Waals surface area (Å²) in [7, 11) is 0. The van der Waals surface area contributed by atoms with E-state index in [1.807, 2.05) is 27.7 Å². The van der Waals surface area contributed by atoms with Crippen molar-refractivity contribution in [1.82, 2.24) is 36.8 Å². The third-order valence-corrected chi connectivity index (χ3v) is 13.6. The molecule has 0 aromatic carbocycles. The van der Waals surface area contributed by atoms with Crippen molar-refractivity contribution >= 4 is 71.8 Å². The molecule has 2 aliphatic carbocycles. The van der Waals surface area contributed by atoms with E-state index in [1.54, 1.807) is 0 Å². The average molecular weight is 994 g/mol. The fraction of sp³-hybridized carbons (Fsp3) is 0.787. The van der Waals surface area contributed by atoms with Crippen molar-refractivity contribution in [2.75, 3.05) is 12.3 Å². The predicted molar refractivity (Wildman–Crippen MR) is 258 cm³/mol. The van der Waals surface area contributed by atoms with Crippen molar-refractivity contribution in [3.63, 3.8) is 0 Å². The fourth-order valence-corrected chi connectivity index (χ4v) is 9.80. The van der Waals surface area contributed by atoms with Crippen LogP contribution in [0.25, 0.3) is 0 Å². The Kier molecular flexibility index (Phi) is 24.7. The summed E-state index contributed by atoms with van der Waals surface area (Å²) in [6, 6.07) is -9.80. The van der Waals surface area contributed by atoms with Crippen LogP contribution in [0.3, 0.4) is 0 Å². The fourth-order valence-electron chi connectivity index (χ4n) is 9.55. The third-order valence-electron chi connectivity index (χ3n) is 13.2. The number of carbonyl (C=O) groups is 10. The van der Waals surface area contributed by atoms with Crippen molar-refractivity contribution in [1.29, 1.82) is 0 Å². The molecule has 3 rings (SSSR count). The summed E-state index contributed by atoms with van der Waals surface area (Å²) in [5.74, 6) is -8.75. The first-order valence-corrected chi connectivity index (χ1v) is 25.4. The Bertz CT molecular complexity index is 1790. The molecule has 8 atom stereocenters. The van der Waals surface area contributed by atoms with Gasteiger partial charge in [0.05, 0.1) is 12.5 Å². The van der Waals surface area contributed by atoms with Gasteiger partial charge in [-0.25, -0.2) is 0 Å². The van der Waals surface area contributed by atoms with Gasteiger partial charge in [-0.3, -0.25) is 47.9 Å². The molecule has 1 heterocycles. The highest BCUT2D eigenvalue weighted by molar-refractivity contribution is 7.80. The van der Waals surface area contributed by atoms with Gasteiger partial charge in [0.2, 0.25) is 47.3 Å². The lowest BCUT2D eigenvalue weighted by Gasteiger charge is -2.32. The lowest BCUT2D eigenvalue weighted by atomic mass is 9.84. The lowest BCUT2D eigenvalue weighted by molar-refractivity contribution is -0.143. The standard InChI is InChI=1S/C47H79N9O12S/c1-26(2)20-30(48)41(62)50-31(17-18-38(57)58)42(63)52-33(22-28-12-7-5-8-13-28)44(65)55-36(25-69)47(68)56-19-11-16-37(56)46(67)54-34(23-29-14-9-6-10-15-29)43(64)53-35(24-39(59)60)45(66)51-32(40(49)61)21-27(3)4/h26-37,69H,5-25,48H2,1-4H3,(H2,49,61)(H,50,62)(H,51,66)(H,52,63)(H,53,64)(H,54,67)(H,55,65)(H,57,58)(H,59,60)/t30-,31-,32-,33-,34-,35-,36-,37-/m0/s1. The number of likely N-dealkylation sites (tertiary alicyclic amines) is 1. The summed E-state index contributed by atoms with van der Waals surface area (Å²) < 4.78 is 0. The molecule has 0 bridgehead atoms. The zero-order chi connectivity index (χ0) is 51.4. The summed E-state index contributed by atoms with van der Waals surface area (Å²) in [6.45, 7) is 7.49.